The summed E-state index contributed by atoms with van der Waals surface area (Å²) in [4.78, 5) is 13.6. The molecule has 1 aliphatic rings. The Hall–Kier alpha value is -1.11. The quantitative estimate of drug-likeness (QED) is 0.859. The number of carboxylic acids is 1. The second-order valence-corrected chi connectivity index (χ2v) is 5.78. The Morgan fingerprint density at radius 3 is 2.85 bits per heavy atom. The number of anilines is 1. The third kappa shape index (κ3) is 3.94. The van der Waals surface area contributed by atoms with E-state index in [2.05, 4.69) is 33.1 Å². The highest BCUT2D eigenvalue weighted by atomic mass is 79.9. The molecule has 0 aliphatic carbocycles. The number of morpholine rings is 1. The number of nitrogens with one attached hydrogen (secondary N) is 1. The van der Waals surface area contributed by atoms with Gasteiger partial charge >= 0.3 is 5.97 Å². The van der Waals surface area contributed by atoms with Crippen molar-refractivity contribution in [3.8, 4) is 0 Å². The molecule has 0 bridgehead atoms. The summed E-state index contributed by atoms with van der Waals surface area (Å²) in [6.07, 6.45) is 0. The van der Waals surface area contributed by atoms with Crippen molar-refractivity contribution in [2.45, 2.75) is 13.0 Å². The monoisotopic (exact) mass is 342 g/mol. The molecule has 20 heavy (non-hydrogen) atoms. The van der Waals surface area contributed by atoms with Gasteiger partial charge in [0.1, 0.15) is 0 Å². The fourth-order valence-corrected chi connectivity index (χ4v) is 2.88. The molecule has 1 heterocycles. The topological polar surface area (TPSA) is 61.8 Å². The number of halogens is 1. The lowest BCUT2D eigenvalue weighted by atomic mass is 10.1. The number of aromatic carboxylic acids is 1. The smallest absolute Gasteiger partial charge is 0.338 e. The first-order valence-corrected chi connectivity index (χ1v) is 7.45. The van der Waals surface area contributed by atoms with Crippen LogP contribution in [-0.2, 0) is 4.74 Å². The van der Waals surface area contributed by atoms with E-state index in [1.165, 1.54) is 0 Å². The van der Waals surface area contributed by atoms with Crippen LogP contribution >= 0.6 is 15.9 Å². The van der Waals surface area contributed by atoms with Gasteiger partial charge in [-0.3, -0.25) is 4.90 Å². The van der Waals surface area contributed by atoms with E-state index in [-0.39, 0.29) is 11.6 Å². The first-order valence-electron chi connectivity index (χ1n) is 6.66. The standard InChI is InChI=1S/C14H19BrN2O3/c1-10(9-17-5-7-20-8-6-17)16-12-4-2-3-11(15)13(12)14(18)19/h2-4,10,16H,5-9H2,1H3,(H,18,19). The van der Waals surface area contributed by atoms with Crippen LogP contribution in [-0.4, -0.2) is 54.9 Å². The highest BCUT2D eigenvalue weighted by molar-refractivity contribution is 9.10. The van der Waals surface area contributed by atoms with Crippen LogP contribution in [0.25, 0.3) is 0 Å². The van der Waals surface area contributed by atoms with Crippen LogP contribution < -0.4 is 5.32 Å². The molecule has 0 spiro atoms. The Morgan fingerprint density at radius 2 is 2.20 bits per heavy atom. The number of rotatable bonds is 5. The molecule has 1 unspecified atom stereocenters. The molecule has 0 amide bonds. The van der Waals surface area contributed by atoms with Crippen LogP contribution in [0.2, 0.25) is 0 Å². The van der Waals surface area contributed by atoms with Crippen LogP contribution in [0, 0.1) is 0 Å². The summed E-state index contributed by atoms with van der Waals surface area (Å²) >= 11 is 3.29. The maximum Gasteiger partial charge on any atom is 0.338 e. The number of nitrogens with zero attached hydrogens (tertiary/aromatic N) is 1. The van der Waals surface area contributed by atoms with E-state index < -0.39 is 5.97 Å². The molecule has 5 nitrogen and oxygen atoms in total. The maximum atomic E-state index is 11.3. The van der Waals surface area contributed by atoms with Crippen LogP contribution in [0.15, 0.2) is 22.7 Å². The minimum Gasteiger partial charge on any atom is -0.478 e. The number of carboxylic acid groups (broad SMARTS) is 1. The highest BCUT2D eigenvalue weighted by Gasteiger charge is 2.17. The van der Waals surface area contributed by atoms with Gasteiger partial charge in [-0.2, -0.15) is 0 Å². The van der Waals surface area contributed by atoms with Crippen molar-refractivity contribution in [2.75, 3.05) is 38.2 Å². The molecule has 1 aliphatic heterocycles. The van der Waals surface area contributed by atoms with Crippen molar-refractivity contribution in [2.24, 2.45) is 0 Å². The molecule has 0 aromatic heterocycles. The Balaban J connectivity index is 2.01. The minimum absolute atomic E-state index is 0.167. The number of carbonyl (C=O) groups is 1. The van der Waals surface area contributed by atoms with E-state index in [0.29, 0.717) is 10.2 Å². The lowest BCUT2D eigenvalue weighted by Gasteiger charge is -2.30. The van der Waals surface area contributed by atoms with E-state index in [4.69, 9.17) is 4.74 Å². The summed E-state index contributed by atoms with van der Waals surface area (Å²) in [5.41, 5.74) is 0.925. The fraction of sp³-hybridized carbons (Fsp3) is 0.500. The zero-order valence-corrected chi connectivity index (χ0v) is 13.0. The van der Waals surface area contributed by atoms with E-state index >= 15 is 0 Å². The van der Waals surface area contributed by atoms with Crippen LogP contribution in [0.4, 0.5) is 5.69 Å². The average Bonchev–Trinajstić information content (AvgIpc) is 2.39. The predicted octanol–water partition coefficient (Wildman–Crippen LogP) is 2.28. The molecule has 0 radical (unpaired) electrons. The van der Waals surface area contributed by atoms with Gasteiger partial charge < -0.3 is 15.2 Å². The third-order valence-corrected chi connectivity index (χ3v) is 3.93. The van der Waals surface area contributed by atoms with Gasteiger partial charge in [-0.1, -0.05) is 6.07 Å². The van der Waals surface area contributed by atoms with Gasteiger partial charge in [0.15, 0.2) is 0 Å². The molecular formula is C14H19BrN2O3. The van der Waals surface area contributed by atoms with Crippen molar-refractivity contribution < 1.29 is 14.6 Å². The zero-order chi connectivity index (χ0) is 14.5. The van der Waals surface area contributed by atoms with Crippen molar-refractivity contribution in [3.63, 3.8) is 0 Å². The minimum atomic E-state index is -0.932. The second kappa shape index (κ2) is 7.06. The Morgan fingerprint density at radius 1 is 1.50 bits per heavy atom. The fourth-order valence-electron chi connectivity index (χ4n) is 2.34. The zero-order valence-electron chi connectivity index (χ0n) is 11.4. The second-order valence-electron chi connectivity index (χ2n) is 4.93. The third-order valence-electron chi connectivity index (χ3n) is 3.27. The molecule has 1 aromatic rings. The van der Waals surface area contributed by atoms with Gasteiger partial charge in [0.2, 0.25) is 0 Å². The number of benzene rings is 1. The highest BCUT2D eigenvalue weighted by Crippen LogP contribution is 2.25. The van der Waals surface area contributed by atoms with Gasteiger partial charge in [0.05, 0.1) is 24.5 Å². The van der Waals surface area contributed by atoms with Gasteiger partial charge in [-0.15, -0.1) is 0 Å². The summed E-state index contributed by atoms with van der Waals surface area (Å²) in [7, 11) is 0. The molecule has 6 heteroatoms. The molecule has 2 N–H and O–H groups in total. The summed E-state index contributed by atoms with van der Waals surface area (Å²) in [5.74, 6) is -0.932. The largest absolute Gasteiger partial charge is 0.478 e. The van der Waals surface area contributed by atoms with Crippen molar-refractivity contribution in [3.05, 3.63) is 28.2 Å². The number of hydrogen-bond donors (Lipinski definition) is 2. The van der Waals surface area contributed by atoms with E-state index in [0.717, 1.165) is 32.8 Å². The molecule has 1 saturated heterocycles. The Kier molecular flexibility index (Phi) is 5.39. The SMILES string of the molecule is CC(CN1CCOCC1)Nc1cccc(Br)c1C(=O)O. The number of ether oxygens (including phenoxy) is 1. The van der Waals surface area contributed by atoms with Crippen LogP contribution in [0.1, 0.15) is 17.3 Å². The maximum absolute atomic E-state index is 11.3. The van der Waals surface area contributed by atoms with Crippen molar-refractivity contribution in [1.82, 2.24) is 4.90 Å². The lowest BCUT2D eigenvalue weighted by Crippen LogP contribution is -2.42. The first kappa shape index (κ1) is 15.3. The Bertz CT molecular complexity index is 475. The summed E-state index contributed by atoms with van der Waals surface area (Å²) in [6.45, 7) is 6.32. The van der Waals surface area contributed by atoms with Crippen molar-refractivity contribution >= 4 is 27.6 Å². The van der Waals surface area contributed by atoms with Gasteiger partial charge in [0.25, 0.3) is 0 Å². The summed E-state index contributed by atoms with van der Waals surface area (Å²) in [6, 6.07) is 5.53. The molecule has 1 atom stereocenters. The van der Waals surface area contributed by atoms with Crippen molar-refractivity contribution in [1.29, 1.82) is 0 Å². The van der Waals surface area contributed by atoms with Crippen LogP contribution in [0.5, 0.6) is 0 Å². The molecule has 0 saturated carbocycles. The van der Waals surface area contributed by atoms with E-state index in [1.807, 2.05) is 6.07 Å². The van der Waals surface area contributed by atoms with E-state index in [1.54, 1.807) is 12.1 Å². The average molecular weight is 343 g/mol. The molecule has 1 fully saturated rings. The van der Waals surface area contributed by atoms with Gasteiger partial charge in [0, 0.05) is 30.1 Å². The Labute approximate surface area is 127 Å². The molecular weight excluding hydrogens is 324 g/mol. The summed E-state index contributed by atoms with van der Waals surface area (Å²) in [5, 5.41) is 12.6. The molecule has 1 aromatic carbocycles. The predicted molar refractivity (Wildman–Crippen MR) is 81.4 cm³/mol. The van der Waals surface area contributed by atoms with Crippen LogP contribution in [0.3, 0.4) is 0 Å². The van der Waals surface area contributed by atoms with Gasteiger partial charge in [-0.25, -0.2) is 4.79 Å². The number of hydrogen-bond acceptors (Lipinski definition) is 4. The summed E-state index contributed by atoms with van der Waals surface area (Å²) < 4.78 is 5.91. The normalized spacial score (nSPS) is 17.7. The molecule has 2 rings (SSSR count). The van der Waals surface area contributed by atoms with E-state index in [9.17, 15) is 9.90 Å². The lowest BCUT2D eigenvalue weighted by molar-refractivity contribution is 0.0368. The van der Waals surface area contributed by atoms with Gasteiger partial charge in [-0.05, 0) is 35.0 Å². The first-order chi connectivity index (χ1) is 9.58. The molecule has 110 valence electrons.